The fraction of sp³-hybridized carbons (Fsp3) is 0.364. The second-order valence-corrected chi connectivity index (χ2v) is 7.43. The molecule has 3 amide bonds. The van der Waals surface area contributed by atoms with Crippen LogP contribution in [0.25, 0.3) is 0 Å². The molecule has 152 valence electrons. The second kappa shape index (κ2) is 8.43. The number of carbonyl (C=O) groups is 2. The van der Waals surface area contributed by atoms with Gasteiger partial charge in [-0.25, -0.2) is 4.79 Å². The van der Waals surface area contributed by atoms with Gasteiger partial charge in [-0.3, -0.25) is 4.79 Å². The van der Waals surface area contributed by atoms with Crippen molar-refractivity contribution in [1.29, 1.82) is 0 Å². The average Bonchev–Trinajstić information content (AvgIpc) is 3.14. The van der Waals surface area contributed by atoms with E-state index >= 15 is 0 Å². The molecule has 0 bridgehead atoms. The van der Waals surface area contributed by atoms with Crippen LogP contribution in [0.5, 0.6) is 5.75 Å². The molecule has 3 N–H and O–H groups in total. The summed E-state index contributed by atoms with van der Waals surface area (Å²) in [5.74, 6) is 0.772. The lowest BCUT2D eigenvalue weighted by Crippen LogP contribution is -2.44. The molecule has 2 heterocycles. The number of ether oxygens (including phenoxy) is 1. The summed E-state index contributed by atoms with van der Waals surface area (Å²) in [5, 5.41) is 8.79. The highest BCUT2D eigenvalue weighted by molar-refractivity contribution is 6.04. The van der Waals surface area contributed by atoms with E-state index in [1.54, 1.807) is 0 Å². The van der Waals surface area contributed by atoms with Crippen LogP contribution in [0, 0.1) is 0 Å². The van der Waals surface area contributed by atoms with E-state index in [9.17, 15) is 9.59 Å². The molecule has 0 radical (unpaired) electrons. The van der Waals surface area contributed by atoms with Crippen LogP contribution in [0.4, 0.5) is 21.9 Å². The molecule has 29 heavy (non-hydrogen) atoms. The van der Waals surface area contributed by atoms with Gasteiger partial charge in [-0.05, 0) is 49.2 Å². The quantitative estimate of drug-likeness (QED) is 0.654. The number of carbonyl (C=O) groups excluding carboxylic acids is 2. The van der Waals surface area contributed by atoms with Gasteiger partial charge in [-0.2, -0.15) is 0 Å². The van der Waals surface area contributed by atoms with Crippen LogP contribution in [0.3, 0.4) is 0 Å². The highest BCUT2D eigenvalue weighted by Gasteiger charge is 2.41. The number of hydrogen-bond acceptors (Lipinski definition) is 4. The first-order valence-electron chi connectivity index (χ1n) is 10.1. The normalized spacial score (nSPS) is 19.8. The van der Waals surface area contributed by atoms with Crippen molar-refractivity contribution in [3.63, 3.8) is 0 Å². The van der Waals surface area contributed by atoms with Crippen molar-refractivity contribution in [2.75, 3.05) is 28.7 Å². The number of amides is 3. The van der Waals surface area contributed by atoms with Crippen molar-refractivity contribution in [3.05, 3.63) is 48.5 Å². The van der Waals surface area contributed by atoms with Crippen LogP contribution >= 0.6 is 0 Å². The monoisotopic (exact) mass is 394 g/mol. The van der Waals surface area contributed by atoms with E-state index in [0.717, 1.165) is 30.0 Å². The molecule has 2 aliphatic heterocycles. The summed E-state index contributed by atoms with van der Waals surface area (Å²) < 4.78 is 5.64. The number of hydrogen-bond donors (Lipinski definition) is 3. The number of nitrogens with zero attached hydrogens (tertiary/aromatic N) is 1. The van der Waals surface area contributed by atoms with Gasteiger partial charge in [0.15, 0.2) is 0 Å². The predicted octanol–water partition coefficient (Wildman–Crippen LogP) is 3.59. The zero-order valence-corrected chi connectivity index (χ0v) is 16.5. The Morgan fingerprint density at radius 3 is 2.79 bits per heavy atom. The molecular weight excluding hydrogens is 368 g/mol. The van der Waals surface area contributed by atoms with Gasteiger partial charge in [0.05, 0.1) is 24.0 Å². The maximum atomic E-state index is 12.4. The molecule has 1 saturated heterocycles. The molecule has 2 aromatic carbocycles. The van der Waals surface area contributed by atoms with Gasteiger partial charge in [-0.15, -0.1) is 0 Å². The summed E-state index contributed by atoms with van der Waals surface area (Å²) >= 11 is 0. The number of fused-ring (bicyclic) bond motifs is 3. The lowest BCUT2D eigenvalue weighted by molar-refractivity contribution is -0.117. The third-order valence-electron chi connectivity index (χ3n) is 5.29. The number of benzene rings is 2. The van der Waals surface area contributed by atoms with Crippen LogP contribution in [0.15, 0.2) is 48.5 Å². The zero-order valence-electron chi connectivity index (χ0n) is 16.5. The number of rotatable bonds is 6. The number of nitrogens with one attached hydrogen (secondary N) is 3. The average molecular weight is 394 g/mol. The van der Waals surface area contributed by atoms with Crippen LogP contribution in [-0.4, -0.2) is 37.2 Å². The molecule has 1 fully saturated rings. The molecule has 0 saturated carbocycles. The van der Waals surface area contributed by atoms with E-state index in [-0.39, 0.29) is 24.0 Å². The molecule has 0 spiro atoms. The standard InChI is InChI=1S/C22H26N4O3/c1-2-3-12-29-17-10-8-15(9-11-17)23-22(28)24-16-13-20-21(27)25-18-6-4-5-7-19(18)26(20)14-16/h4-11,16,20H,2-3,12-14H2,1H3,(H,25,27)(H2,23,24,28). The summed E-state index contributed by atoms with van der Waals surface area (Å²) in [6.45, 7) is 3.42. The third kappa shape index (κ3) is 4.29. The summed E-state index contributed by atoms with van der Waals surface area (Å²) in [7, 11) is 0. The summed E-state index contributed by atoms with van der Waals surface area (Å²) in [4.78, 5) is 26.9. The molecule has 7 heteroatoms. The van der Waals surface area contributed by atoms with Crippen LogP contribution in [0.2, 0.25) is 0 Å². The van der Waals surface area contributed by atoms with Crippen LogP contribution in [-0.2, 0) is 4.79 Å². The first-order valence-corrected chi connectivity index (χ1v) is 10.1. The van der Waals surface area contributed by atoms with E-state index in [1.165, 1.54) is 0 Å². The van der Waals surface area contributed by atoms with Gasteiger partial charge < -0.3 is 25.6 Å². The van der Waals surface area contributed by atoms with Gasteiger partial charge in [-0.1, -0.05) is 25.5 Å². The van der Waals surface area contributed by atoms with Gasteiger partial charge in [0.1, 0.15) is 11.8 Å². The zero-order chi connectivity index (χ0) is 20.2. The molecule has 2 atom stereocenters. The minimum absolute atomic E-state index is 0.0212. The Kier molecular flexibility index (Phi) is 5.55. The van der Waals surface area contributed by atoms with Gasteiger partial charge in [0.2, 0.25) is 5.91 Å². The van der Waals surface area contributed by atoms with E-state index in [2.05, 4.69) is 27.8 Å². The van der Waals surface area contributed by atoms with Gasteiger partial charge >= 0.3 is 6.03 Å². The van der Waals surface area contributed by atoms with Crippen molar-refractivity contribution < 1.29 is 14.3 Å². The van der Waals surface area contributed by atoms with E-state index in [4.69, 9.17) is 4.74 Å². The van der Waals surface area contributed by atoms with E-state index < -0.39 is 0 Å². The number of unbranched alkanes of at least 4 members (excludes halogenated alkanes) is 1. The van der Waals surface area contributed by atoms with Crippen molar-refractivity contribution >= 4 is 29.0 Å². The SMILES string of the molecule is CCCCOc1ccc(NC(=O)NC2CC3C(=O)Nc4ccccc4N3C2)cc1. The Bertz CT molecular complexity index is 884. The van der Waals surface area contributed by atoms with E-state index in [0.29, 0.717) is 25.3 Å². The van der Waals surface area contributed by atoms with Crippen molar-refractivity contribution in [2.24, 2.45) is 0 Å². The highest BCUT2D eigenvalue weighted by atomic mass is 16.5. The lowest BCUT2D eigenvalue weighted by Gasteiger charge is -2.32. The molecule has 7 nitrogen and oxygen atoms in total. The third-order valence-corrected chi connectivity index (χ3v) is 5.29. The number of anilines is 3. The fourth-order valence-corrected chi connectivity index (χ4v) is 3.82. The molecule has 2 unspecified atom stereocenters. The maximum absolute atomic E-state index is 12.4. The minimum atomic E-state index is -0.275. The number of para-hydroxylation sites is 2. The smallest absolute Gasteiger partial charge is 0.319 e. The Balaban J connectivity index is 1.32. The maximum Gasteiger partial charge on any atom is 0.319 e. The Labute approximate surface area is 170 Å². The van der Waals surface area contributed by atoms with E-state index in [1.807, 2.05) is 48.5 Å². The topological polar surface area (TPSA) is 82.7 Å². The Morgan fingerprint density at radius 2 is 2.00 bits per heavy atom. The molecule has 0 aromatic heterocycles. The number of urea groups is 1. The van der Waals surface area contributed by atoms with Crippen LogP contribution < -0.4 is 25.6 Å². The van der Waals surface area contributed by atoms with Gasteiger partial charge in [0.25, 0.3) is 0 Å². The Morgan fingerprint density at radius 1 is 1.21 bits per heavy atom. The predicted molar refractivity (Wildman–Crippen MR) is 114 cm³/mol. The summed E-state index contributed by atoms with van der Waals surface area (Å²) in [5.41, 5.74) is 2.52. The second-order valence-electron chi connectivity index (χ2n) is 7.43. The van der Waals surface area contributed by atoms with Crippen LogP contribution in [0.1, 0.15) is 26.2 Å². The Hall–Kier alpha value is -3.22. The molecule has 2 aliphatic rings. The lowest BCUT2D eigenvalue weighted by atomic mass is 10.1. The summed E-state index contributed by atoms with van der Waals surface area (Å²) in [6, 6.07) is 14.5. The first-order chi connectivity index (χ1) is 14.1. The van der Waals surface area contributed by atoms with Gasteiger partial charge in [0, 0.05) is 12.2 Å². The fourth-order valence-electron chi connectivity index (χ4n) is 3.82. The largest absolute Gasteiger partial charge is 0.494 e. The van der Waals surface area contributed by atoms with Crippen molar-refractivity contribution in [1.82, 2.24) is 5.32 Å². The molecule has 4 rings (SSSR count). The first kappa shape index (κ1) is 19.1. The summed E-state index contributed by atoms with van der Waals surface area (Å²) in [6.07, 6.45) is 2.69. The highest BCUT2D eigenvalue weighted by Crippen LogP contribution is 2.36. The molecular formula is C22H26N4O3. The van der Waals surface area contributed by atoms with Crippen molar-refractivity contribution in [3.8, 4) is 5.75 Å². The molecule has 2 aromatic rings. The minimum Gasteiger partial charge on any atom is -0.494 e. The van der Waals surface area contributed by atoms with Crippen molar-refractivity contribution in [2.45, 2.75) is 38.3 Å². The molecule has 0 aliphatic carbocycles.